The smallest absolute Gasteiger partial charge is 0.353 e. The summed E-state index contributed by atoms with van der Waals surface area (Å²) in [5.41, 5.74) is -1.16. The van der Waals surface area contributed by atoms with Gasteiger partial charge in [-0.15, -0.1) is 0 Å². The molecule has 30 heavy (non-hydrogen) atoms. The van der Waals surface area contributed by atoms with Gasteiger partial charge in [-0.2, -0.15) is 17.5 Å². The van der Waals surface area contributed by atoms with Crippen LogP contribution in [0.4, 0.5) is 13.2 Å². The second-order valence-corrected chi connectivity index (χ2v) is 10.5. The van der Waals surface area contributed by atoms with Gasteiger partial charge in [-0.3, -0.25) is 4.79 Å². The first kappa shape index (κ1) is 23.1. The normalized spacial score (nSPS) is 27.0. The second-order valence-electron chi connectivity index (χ2n) is 8.55. The minimum atomic E-state index is -4.75. The molecule has 1 aromatic rings. The van der Waals surface area contributed by atoms with Gasteiger partial charge >= 0.3 is 6.18 Å². The molecule has 1 N–H and O–H groups in total. The van der Waals surface area contributed by atoms with Crippen LogP contribution in [0.15, 0.2) is 29.2 Å². The lowest BCUT2D eigenvalue weighted by atomic mass is 9.78. The summed E-state index contributed by atoms with van der Waals surface area (Å²) < 4.78 is 66.5. The predicted molar refractivity (Wildman–Crippen MR) is 107 cm³/mol. The molecule has 0 bridgehead atoms. The summed E-state index contributed by atoms with van der Waals surface area (Å²) in [6, 6.07) is 4.35. The fraction of sp³-hybridized carbons (Fsp3) is 0.667. The molecule has 1 saturated heterocycles. The molecule has 9 heteroatoms. The SMILES string of the molecule is CC1CCCC(NC(=O)C2CCN(S(=O)(=O)c3ccccc3C(F)(F)F)CC2)C1C. The van der Waals surface area contributed by atoms with Gasteiger partial charge < -0.3 is 5.32 Å². The van der Waals surface area contributed by atoms with Crippen LogP contribution in [0, 0.1) is 17.8 Å². The number of piperidine rings is 1. The highest BCUT2D eigenvalue weighted by Gasteiger charge is 2.40. The molecule has 1 aliphatic heterocycles. The molecule has 0 spiro atoms. The van der Waals surface area contributed by atoms with Crippen molar-refractivity contribution in [1.29, 1.82) is 0 Å². The highest BCUT2D eigenvalue weighted by Crippen LogP contribution is 2.36. The summed E-state index contributed by atoms with van der Waals surface area (Å²) in [4.78, 5) is 12.0. The quantitative estimate of drug-likeness (QED) is 0.759. The lowest BCUT2D eigenvalue weighted by molar-refractivity contribution is -0.139. The third kappa shape index (κ3) is 4.82. The van der Waals surface area contributed by atoms with Gasteiger partial charge in [0.15, 0.2) is 0 Å². The molecule has 3 unspecified atom stereocenters. The van der Waals surface area contributed by atoms with Crippen LogP contribution < -0.4 is 5.32 Å². The second kappa shape index (κ2) is 8.86. The Kier molecular flexibility index (Phi) is 6.81. The Bertz CT molecular complexity index is 864. The van der Waals surface area contributed by atoms with E-state index < -0.39 is 26.7 Å². The van der Waals surface area contributed by atoms with Crippen LogP contribution in [0.1, 0.15) is 51.5 Å². The Morgan fingerprint density at radius 2 is 1.70 bits per heavy atom. The van der Waals surface area contributed by atoms with Crippen LogP contribution in [-0.2, 0) is 21.0 Å². The Morgan fingerprint density at radius 1 is 1.07 bits per heavy atom. The number of halogens is 3. The highest BCUT2D eigenvalue weighted by atomic mass is 32.2. The summed E-state index contributed by atoms with van der Waals surface area (Å²) in [6.07, 6.45) is -0.977. The van der Waals surface area contributed by atoms with Crippen molar-refractivity contribution in [3.8, 4) is 0 Å². The molecule has 0 radical (unpaired) electrons. The molecular weight excluding hydrogens is 417 g/mol. The molecule has 5 nitrogen and oxygen atoms in total. The first-order valence-corrected chi connectivity index (χ1v) is 11.9. The largest absolute Gasteiger partial charge is 0.417 e. The van der Waals surface area contributed by atoms with Gasteiger partial charge in [0.25, 0.3) is 0 Å². The average Bonchev–Trinajstić information content (AvgIpc) is 2.71. The number of nitrogens with one attached hydrogen (secondary N) is 1. The fourth-order valence-corrected chi connectivity index (χ4v) is 6.19. The van der Waals surface area contributed by atoms with E-state index >= 15 is 0 Å². The van der Waals surface area contributed by atoms with E-state index in [0.717, 1.165) is 35.7 Å². The molecule has 3 rings (SSSR count). The summed E-state index contributed by atoms with van der Waals surface area (Å²) in [7, 11) is -4.29. The standard InChI is InChI=1S/C21H29F3N2O3S/c1-14-6-5-8-18(15(14)2)25-20(27)16-10-12-26(13-11-16)30(28,29)19-9-4-3-7-17(19)21(22,23)24/h3-4,7,9,14-16,18H,5-6,8,10-13H2,1-2H3,(H,25,27). The molecule has 1 aliphatic carbocycles. The maximum atomic E-state index is 13.3. The Hall–Kier alpha value is -1.61. The molecule has 1 heterocycles. The first-order chi connectivity index (χ1) is 14.0. The average molecular weight is 447 g/mol. The fourth-order valence-electron chi connectivity index (χ4n) is 4.51. The molecule has 3 atom stereocenters. The number of carbonyl (C=O) groups excluding carboxylic acids is 1. The molecule has 1 aromatic carbocycles. The Balaban J connectivity index is 1.65. The number of amides is 1. The number of benzene rings is 1. The number of hydrogen-bond donors (Lipinski definition) is 1. The zero-order chi connectivity index (χ0) is 22.1. The number of rotatable bonds is 4. The van der Waals surface area contributed by atoms with E-state index in [1.165, 1.54) is 12.1 Å². The maximum absolute atomic E-state index is 13.3. The molecular formula is C21H29F3N2O3S. The molecule has 1 saturated carbocycles. The Labute approximate surface area is 176 Å². The molecule has 1 amide bonds. The van der Waals surface area contributed by atoms with E-state index in [4.69, 9.17) is 0 Å². The van der Waals surface area contributed by atoms with E-state index in [1.54, 1.807) is 0 Å². The number of nitrogens with zero attached hydrogens (tertiary/aromatic N) is 1. The van der Waals surface area contributed by atoms with Crippen molar-refractivity contribution < 1.29 is 26.4 Å². The van der Waals surface area contributed by atoms with Crippen molar-refractivity contribution in [3.63, 3.8) is 0 Å². The molecule has 2 fully saturated rings. The van der Waals surface area contributed by atoms with E-state index in [2.05, 4.69) is 19.2 Å². The minimum Gasteiger partial charge on any atom is -0.353 e. The van der Waals surface area contributed by atoms with E-state index in [-0.39, 0.29) is 31.0 Å². The topological polar surface area (TPSA) is 66.5 Å². The molecule has 0 aromatic heterocycles. The number of sulfonamides is 1. The summed E-state index contributed by atoms with van der Waals surface area (Å²) >= 11 is 0. The summed E-state index contributed by atoms with van der Waals surface area (Å²) in [5.74, 6) is 0.541. The lowest BCUT2D eigenvalue weighted by Gasteiger charge is -2.36. The number of alkyl halides is 3. The third-order valence-electron chi connectivity index (χ3n) is 6.67. The summed E-state index contributed by atoms with van der Waals surface area (Å²) in [6.45, 7) is 4.39. The molecule has 2 aliphatic rings. The van der Waals surface area contributed by atoms with E-state index in [0.29, 0.717) is 24.7 Å². The predicted octanol–water partition coefficient (Wildman–Crippen LogP) is 4.05. The van der Waals surface area contributed by atoms with Crippen LogP contribution in [-0.4, -0.2) is 37.8 Å². The van der Waals surface area contributed by atoms with Crippen molar-refractivity contribution in [2.24, 2.45) is 17.8 Å². The van der Waals surface area contributed by atoms with Crippen LogP contribution in [0.5, 0.6) is 0 Å². The highest BCUT2D eigenvalue weighted by molar-refractivity contribution is 7.89. The van der Waals surface area contributed by atoms with Crippen molar-refractivity contribution in [3.05, 3.63) is 29.8 Å². The van der Waals surface area contributed by atoms with Crippen LogP contribution in [0.25, 0.3) is 0 Å². The van der Waals surface area contributed by atoms with Gasteiger partial charge in [-0.05, 0) is 43.2 Å². The first-order valence-electron chi connectivity index (χ1n) is 10.5. The summed E-state index contributed by atoms with van der Waals surface area (Å²) in [5, 5.41) is 3.13. The zero-order valence-electron chi connectivity index (χ0n) is 17.3. The van der Waals surface area contributed by atoms with Crippen molar-refractivity contribution in [2.75, 3.05) is 13.1 Å². The van der Waals surface area contributed by atoms with Gasteiger partial charge in [-0.1, -0.05) is 38.8 Å². The van der Waals surface area contributed by atoms with E-state index in [1.807, 2.05) is 0 Å². The van der Waals surface area contributed by atoms with Crippen molar-refractivity contribution in [1.82, 2.24) is 9.62 Å². The van der Waals surface area contributed by atoms with Gasteiger partial charge in [0.05, 0.1) is 10.5 Å². The minimum absolute atomic E-state index is 0.0310. The number of carbonyl (C=O) groups is 1. The van der Waals surface area contributed by atoms with Gasteiger partial charge in [0.2, 0.25) is 15.9 Å². The van der Waals surface area contributed by atoms with Crippen molar-refractivity contribution >= 4 is 15.9 Å². The van der Waals surface area contributed by atoms with Gasteiger partial charge in [-0.25, -0.2) is 8.42 Å². The van der Waals surface area contributed by atoms with E-state index in [9.17, 15) is 26.4 Å². The van der Waals surface area contributed by atoms with Crippen LogP contribution in [0.2, 0.25) is 0 Å². The van der Waals surface area contributed by atoms with Crippen molar-refractivity contribution in [2.45, 2.75) is 63.1 Å². The van der Waals surface area contributed by atoms with Gasteiger partial charge in [0.1, 0.15) is 0 Å². The number of hydrogen-bond acceptors (Lipinski definition) is 3. The monoisotopic (exact) mass is 446 g/mol. The van der Waals surface area contributed by atoms with Crippen LogP contribution in [0.3, 0.4) is 0 Å². The lowest BCUT2D eigenvalue weighted by Crippen LogP contribution is -2.48. The Morgan fingerprint density at radius 3 is 2.33 bits per heavy atom. The van der Waals surface area contributed by atoms with Crippen LogP contribution >= 0.6 is 0 Å². The maximum Gasteiger partial charge on any atom is 0.417 e. The zero-order valence-corrected chi connectivity index (χ0v) is 18.1. The third-order valence-corrected chi connectivity index (χ3v) is 8.63. The van der Waals surface area contributed by atoms with Gasteiger partial charge in [0, 0.05) is 25.0 Å². The molecule has 168 valence electrons.